The first-order chi connectivity index (χ1) is 6.79. The van der Waals surface area contributed by atoms with Crippen LogP contribution in [0.5, 0.6) is 0 Å². The number of ketones is 1. The van der Waals surface area contributed by atoms with Crippen molar-refractivity contribution in [3.63, 3.8) is 0 Å². The molecule has 0 aliphatic carbocycles. The standard InChI is InChI=1S/C9H9ClN2O2/c10-9-7(11-2-3-12-9)8(13)6-1-4-14-5-6/h2-3,6H,1,4-5H2/t6-/m1/s1. The van der Waals surface area contributed by atoms with Gasteiger partial charge in [-0.3, -0.25) is 4.79 Å². The minimum Gasteiger partial charge on any atom is -0.381 e. The summed E-state index contributed by atoms with van der Waals surface area (Å²) in [5, 5.41) is 0.171. The Balaban J connectivity index is 2.22. The number of rotatable bonds is 2. The summed E-state index contributed by atoms with van der Waals surface area (Å²) in [7, 11) is 0. The van der Waals surface area contributed by atoms with Crippen molar-refractivity contribution < 1.29 is 9.53 Å². The number of carbonyl (C=O) groups is 1. The average molecular weight is 213 g/mol. The van der Waals surface area contributed by atoms with Crippen LogP contribution in [0.4, 0.5) is 0 Å². The van der Waals surface area contributed by atoms with E-state index in [1.54, 1.807) is 0 Å². The van der Waals surface area contributed by atoms with Gasteiger partial charge in [-0.15, -0.1) is 0 Å². The van der Waals surface area contributed by atoms with Crippen molar-refractivity contribution in [3.05, 3.63) is 23.2 Å². The summed E-state index contributed by atoms with van der Waals surface area (Å²) in [4.78, 5) is 19.5. The zero-order chi connectivity index (χ0) is 9.97. The van der Waals surface area contributed by atoms with E-state index in [0.717, 1.165) is 6.42 Å². The Bertz CT molecular complexity index is 350. The van der Waals surface area contributed by atoms with Gasteiger partial charge in [-0.2, -0.15) is 0 Å². The van der Waals surface area contributed by atoms with E-state index in [0.29, 0.717) is 13.2 Å². The molecule has 0 unspecified atom stereocenters. The molecule has 1 atom stereocenters. The Hall–Kier alpha value is -1.00. The molecule has 4 nitrogen and oxygen atoms in total. The van der Waals surface area contributed by atoms with Crippen molar-refractivity contribution in [2.24, 2.45) is 5.92 Å². The van der Waals surface area contributed by atoms with Crippen molar-refractivity contribution in [2.75, 3.05) is 13.2 Å². The quantitative estimate of drug-likeness (QED) is 0.695. The SMILES string of the molecule is O=C(c1nccnc1Cl)[C@@H]1CCOC1. The lowest BCUT2D eigenvalue weighted by Gasteiger charge is -2.05. The molecular formula is C9H9ClN2O2. The molecule has 0 N–H and O–H groups in total. The summed E-state index contributed by atoms with van der Waals surface area (Å²) in [6.07, 6.45) is 3.67. The van der Waals surface area contributed by atoms with Gasteiger partial charge in [0, 0.05) is 24.9 Å². The van der Waals surface area contributed by atoms with E-state index in [4.69, 9.17) is 16.3 Å². The van der Waals surface area contributed by atoms with Crippen LogP contribution in [0.2, 0.25) is 5.15 Å². The number of carbonyl (C=O) groups excluding carboxylic acids is 1. The monoisotopic (exact) mass is 212 g/mol. The summed E-state index contributed by atoms with van der Waals surface area (Å²) in [6.45, 7) is 1.10. The number of hydrogen-bond acceptors (Lipinski definition) is 4. The molecule has 1 aromatic heterocycles. The largest absolute Gasteiger partial charge is 0.381 e. The molecule has 2 heterocycles. The molecule has 1 aliphatic rings. The first-order valence-electron chi connectivity index (χ1n) is 4.37. The minimum absolute atomic E-state index is 0.0689. The normalized spacial score (nSPS) is 21.1. The summed E-state index contributed by atoms with van der Waals surface area (Å²) in [5.74, 6) is -0.176. The maximum Gasteiger partial charge on any atom is 0.189 e. The fourth-order valence-electron chi connectivity index (χ4n) is 1.42. The number of aromatic nitrogens is 2. The van der Waals surface area contributed by atoms with Crippen LogP contribution in [0.25, 0.3) is 0 Å². The topological polar surface area (TPSA) is 52.1 Å². The van der Waals surface area contributed by atoms with Crippen LogP contribution in [-0.4, -0.2) is 29.0 Å². The van der Waals surface area contributed by atoms with Crippen molar-refractivity contribution in [3.8, 4) is 0 Å². The molecule has 0 bridgehead atoms. The molecule has 0 aromatic carbocycles. The third-order valence-corrected chi connectivity index (χ3v) is 2.46. The first kappa shape index (κ1) is 9.55. The minimum atomic E-state index is -0.107. The first-order valence-corrected chi connectivity index (χ1v) is 4.75. The molecule has 2 rings (SSSR count). The fourth-order valence-corrected chi connectivity index (χ4v) is 1.62. The number of Topliss-reactive ketones (excluding diaryl/α,β-unsaturated/α-hetero) is 1. The number of hydrogen-bond donors (Lipinski definition) is 0. The van der Waals surface area contributed by atoms with Crippen molar-refractivity contribution >= 4 is 17.4 Å². The van der Waals surface area contributed by atoms with Gasteiger partial charge >= 0.3 is 0 Å². The Morgan fingerprint density at radius 2 is 2.29 bits per heavy atom. The van der Waals surface area contributed by atoms with E-state index in [9.17, 15) is 4.79 Å². The van der Waals surface area contributed by atoms with E-state index >= 15 is 0 Å². The van der Waals surface area contributed by atoms with Crippen LogP contribution in [0, 0.1) is 5.92 Å². The molecule has 5 heteroatoms. The van der Waals surface area contributed by atoms with E-state index in [1.165, 1.54) is 12.4 Å². The van der Waals surface area contributed by atoms with Gasteiger partial charge in [0.1, 0.15) is 5.69 Å². The van der Waals surface area contributed by atoms with Crippen LogP contribution in [0.15, 0.2) is 12.4 Å². The molecule has 1 aromatic rings. The van der Waals surface area contributed by atoms with Crippen molar-refractivity contribution in [1.29, 1.82) is 0 Å². The highest BCUT2D eigenvalue weighted by Gasteiger charge is 2.27. The van der Waals surface area contributed by atoms with Crippen molar-refractivity contribution in [2.45, 2.75) is 6.42 Å². The smallest absolute Gasteiger partial charge is 0.189 e. The number of nitrogens with zero attached hydrogens (tertiary/aromatic N) is 2. The second-order valence-electron chi connectivity index (χ2n) is 3.12. The predicted molar refractivity (Wildman–Crippen MR) is 50.3 cm³/mol. The Labute approximate surface area is 86.3 Å². The Morgan fingerprint density at radius 3 is 2.93 bits per heavy atom. The second-order valence-corrected chi connectivity index (χ2v) is 3.48. The van der Waals surface area contributed by atoms with E-state index in [-0.39, 0.29) is 22.5 Å². The average Bonchev–Trinajstić information content (AvgIpc) is 2.70. The molecule has 1 aliphatic heterocycles. The van der Waals surface area contributed by atoms with Gasteiger partial charge in [0.05, 0.1) is 6.61 Å². The number of ether oxygens (including phenoxy) is 1. The van der Waals surface area contributed by atoms with Crippen LogP contribution >= 0.6 is 11.6 Å². The molecule has 0 spiro atoms. The highest BCUT2D eigenvalue weighted by molar-refractivity contribution is 6.32. The van der Waals surface area contributed by atoms with E-state index < -0.39 is 0 Å². The molecule has 74 valence electrons. The van der Waals surface area contributed by atoms with Crippen molar-refractivity contribution in [1.82, 2.24) is 9.97 Å². The highest BCUT2D eigenvalue weighted by atomic mass is 35.5. The zero-order valence-corrected chi connectivity index (χ0v) is 8.20. The Kier molecular flexibility index (Phi) is 2.74. The lowest BCUT2D eigenvalue weighted by atomic mass is 10.0. The predicted octanol–water partition coefficient (Wildman–Crippen LogP) is 1.35. The molecular weight excluding hydrogens is 204 g/mol. The summed E-state index contributed by atoms with van der Waals surface area (Å²) in [6, 6.07) is 0. The number of halogens is 1. The van der Waals surface area contributed by atoms with E-state index in [2.05, 4.69) is 9.97 Å². The molecule has 1 saturated heterocycles. The van der Waals surface area contributed by atoms with E-state index in [1.807, 2.05) is 0 Å². The summed E-state index contributed by atoms with van der Waals surface area (Å²) < 4.78 is 5.13. The highest BCUT2D eigenvalue weighted by Crippen LogP contribution is 2.20. The van der Waals surface area contributed by atoms with Gasteiger partial charge in [0.2, 0.25) is 0 Å². The zero-order valence-electron chi connectivity index (χ0n) is 7.44. The van der Waals surface area contributed by atoms with Gasteiger partial charge in [-0.1, -0.05) is 11.6 Å². The van der Waals surface area contributed by atoms with Crippen LogP contribution in [0.3, 0.4) is 0 Å². The maximum atomic E-state index is 11.8. The Morgan fingerprint density at radius 1 is 1.50 bits per heavy atom. The van der Waals surface area contributed by atoms with Gasteiger partial charge in [0.15, 0.2) is 10.9 Å². The maximum absolute atomic E-state index is 11.8. The summed E-state index contributed by atoms with van der Waals surface area (Å²) >= 11 is 5.76. The third-order valence-electron chi connectivity index (χ3n) is 2.19. The third kappa shape index (κ3) is 1.76. The molecule has 14 heavy (non-hydrogen) atoms. The van der Waals surface area contributed by atoms with Gasteiger partial charge < -0.3 is 4.74 Å². The molecule has 0 saturated carbocycles. The lowest BCUT2D eigenvalue weighted by molar-refractivity contribution is 0.0895. The van der Waals surface area contributed by atoms with Crippen LogP contribution < -0.4 is 0 Å². The lowest BCUT2D eigenvalue weighted by Crippen LogP contribution is -2.16. The fraction of sp³-hybridized carbons (Fsp3) is 0.444. The molecule has 0 radical (unpaired) electrons. The van der Waals surface area contributed by atoms with Gasteiger partial charge in [0.25, 0.3) is 0 Å². The van der Waals surface area contributed by atoms with Gasteiger partial charge in [-0.05, 0) is 6.42 Å². The summed E-state index contributed by atoms with van der Waals surface area (Å²) in [5.41, 5.74) is 0.254. The van der Waals surface area contributed by atoms with Gasteiger partial charge in [-0.25, -0.2) is 9.97 Å². The van der Waals surface area contributed by atoms with Crippen LogP contribution in [-0.2, 0) is 4.74 Å². The molecule has 1 fully saturated rings. The molecule has 0 amide bonds. The van der Waals surface area contributed by atoms with Crippen LogP contribution in [0.1, 0.15) is 16.9 Å². The second kappa shape index (κ2) is 4.02.